The maximum atomic E-state index is 6.19. The molecule has 0 atom stereocenters. The lowest BCUT2D eigenvalue weighted by molar-refractivity contribution is 1.55. The Morgan fingerprint density at radius 2 is 2.00 bits per heavy atom. The molecule has 0 aromatic rings. The molecule has 0 unspecified atom stereocenters. The van der Waals surface area contributed by atoms with Gasteiger partial charge in [-0.2, -0.15) is 0 Å². The molecule has 0 saturated carbocycles. The van der Waals surface area contributed by atoms with Gasteiger partial charge in [-0.1, -0.05) is 0 Å². The van der Waals surface area contributed by atoms with Gasteiger partial charge in [0.05, 0.1) is 5.88 Å². The highest BCUT2D eigenvalue weighted by molar-refractivity contribution is 6.24. The number of rotatable bonds is 1. The van der Waals surface area contributed by atoms with Crippen molar-refractivity contribution in [3.05, 3.63) is 0 Å². The number of hydrogen-bond donors (Lipinski definition) is 1. The zero-order valence-electron chi connectivity index (χ0n) is 2.57. The molecule has 0 aromatic carbocycles. The number of alkyl halides is 1. The molecular formula is C2H5Cl2N. The molecule has 3 heteroatoms. The minimum Gasteiger partial charge on any atom is -0.312 e. The van der Waals surface area contributed by atoms with Gasteiger partial charge in [0.2, 0.25) is 0 Å². The summed E-state index contributed by atoms with van der Waals surface area (Å²) in [6.07, 6.45) is 1.14. The Labute approximate surface area is 42.2 Å². The molecule has 0 aliphatic carbocycles. The first kappa shape index (κ1) is 8.98. The highest BCUT2D eigenvalue weighted by Gasteiger charge is 1.50. The standard InChI is InChI=1S/C2H4ClN.ClH/c3-1-2-4;/h2,4H,1H2;1H. The third-order valence-electron chi connectivity index (χ3n) is 0.0772. The molecule has 32 valence electrons. The van der Waals surface area contributed by atoms with Gasteiger partial charge in [0.15, 0.2) is 0 Å². The average molecular weight is 114 g/mol. The molecule has 0 aliphatic heterocycles. The normalized spacial score (nSPS) is 5.00. The summed E-state index contributed by atoms with van der Waals surface area (Å²) < 4.78 is 0. The maximum absolute atomic E-state index is 6.19. The molecule has 0 aliphatic rings. The highest BCUT2D eigenvalue weighted by atomic mass is 35.5. The highest BCUT2D eigenvalue weighted by Crippen LogP contribution is 1.58. The first-order chi connectivity index (χ1) is 1.91. The molecule has 0 aromatic heterocycles. The summed E-state index contributed by atoms with van der Waals surface area (Å²) in [4.78, 5) is 0. The van der Waals surface area contributed by atoms with E-state index in [1.54, 1.807) is 0 Å². The Hall–Kier alpha value is 0.250. The quantitative estimate of drug-likeness (QED) is 0.392. The van der Waals surface area contributed by atoms with Crippen molar-refractivity contribution in [2.75, 3.05) is 5.88 Å². The van der Waals surface area contributed by atoms with E-state index in [1.165, 1.54) is 0 Å². The van der Waals surface area contributed by atoms with Gasteiger partial charge >= 0.3 is 0 Å². The summed E-state index contributed by atoms with van der Waals surface area (Å²) in [5, 5.41) is 6.19. The SMILES string of the molecule is Cl.N=CCCl. The van der Waals surface area contributed by atoms with Crippen LogP contribution in [0.5, 0.6) is 0 Å². The Bertz CT molecular complexity index is 21.6. The summed E-state index contributed by atoms with van der Waals surface area (Å²) in [6, 6.07) is 0. The first-order valence-corrected chi connectivity index (χ1v) is 1.50. The summed E-state index contributed by atoms with van der Waals surface area (Å²) in [5.41, 5.74) is 0. The van der Waals surface area contributed by atoms with E-state index in [0.717, 1.165) is 6.21 Å². The van der Waals surface area contributed by atoms with Gasteiger partial charge in [-0.25, -0.2) is 0 Å². The molecule has 0 spiro atoms. The fourth-order valence-corrected chi connectivity index (χ4v) is 0. The van der Waals surface area contributed by atoms with Gasteiger partial charge in [-0.15, -0.1) is 24.0 Å². The topological polar surface area (TPSA) is 23.9 Å². The molecule has 1 N–H and O–H groups in total. The van der Waals surface area contributed by atoms with Gasteiger partial charge in [0.1, 0.15) is 0 Å². The summed E-state index contributed by atoms with van der Waals surface area (Å²) in [5.74, 6) is 0.333. The van der Waals surface area contributed by atoms with Gasteiger partial charge in [0, 0.05) is 6.21 Å². The van der Waals surface area contributed by atoms with Gasteiger partial charge in [0.25, 0.3) is 0 Å². The van der Waals surface area contributed by atoms with Crippen LogP contribution in [0.4, 0.5) is 0 Å². The van der Waals surface area contributed by atoms with E-state index in [1.807, 2.05) is 0 Å². The summed E-state index contributed by atoms with van der Waals surface area (Å²) >= 11 is 4.94. The summed E-state index contributed by atoms with van der Waals surface area (Å²) in [7, 11) is 0. The molecule has 5 heavy (non-hydrogen) atoms. The van der Waals surface area contributed by atoms with Crippen LogP contribution in [-0.4, -0.2) is 12.1 Å². The van der Waals surface area contributed by atoms with Crippen molar-refractivity contribution in [3.8, 4) is 0 Å². The van der Waals surface area contributed by atoms with Crippen molar-refractivity contribution in [3.63, 3.8) is 0 Å². The Morgan fingerprint density at radius 1 is 1.80 bits per heavy atom. The Morgan fingerprint density at radius 3 is 2.00 bits per heavy atom. The number of nitrogens with one attached hydrogen (secondary N) is 1. The van der Waals surface area contributed by atoms with E-state index < -0.39 is 0 Å². The van der Waals surface area contributed by atoms with Crippen molar-refractivity contribution in [2.45, 2.75) is 0 Å². The van der Waals surface area contributed by atoms with Crippen LogP contribution in [0.1, 0.15) is 0 Å². The zero-order chi connectivity index (χ0) is 3.41. The lowest BCUT2D eigenvalue weighted by atomic mass is 10.9. The molecule has 0 radical (unpaired) electrons. The van der Waals surface area contributed by atoms with Crippen molar-refractivity contribution in [1.29, 1.82) is 5.41 Å². The van der Waals surface area contributed by atoms with Crippen LogP contribution in [0.25, 0.3) is 0 Å². The minimum absolute atomic E-state index is 0. The predicted octanol–water partition coefficient (Wildman–Crippen LogP) is 1.30. The molecule has 0 bridgehead atoms. The van der Waals surface area contributed by atoms with Crippen LogP contribution in [0.15, 0.2) is 0 Å². The monoisotopic (exact) mass is 113 g/mol. The molecule has 0 saturated heterocycles. The largest absolute Gasteiger partial charge is 0.312 e. The fraction of sp³-hybridized carbons (Fsp3) is 0.500. The number of halogens is 2. The zero-order valence-corrected chi connectivity index (χ0v) is 4.14. The van der Waals surface area contributed by atoms with Crippen molar-refractivity contribution in [2.24, 2.45) is 0 Å². The van der Waals surface area contributed by atoms with E-state index in [0.29, 0.717) is 5.88 Å². The smallest absolute Gasteiger partial charge is 0.0570 e. The lowest BCUT2D eigenvalue weighted by Crippen LogP contribution is -1.61. The maximum Gasteiger partial charge on any atom is 0.0570 e. The molecular weight excluding hydrogens is 109 g/mol. The number of hydrogen-bond acceptors (Lipinski definition) is 1. The molecule has 0 fully saturated rings. The van der Waals surface area contributed by atoms with Crippen molar-refractivity contribution >= 4 is 30.2 Å². The second-order valence-corrected chi connectivity index (χ2v) is 0.667. The van der Waals surface area contributed by atoms with Crippen molar-refractivity contribution < 1.29 is 0 Å². The molecule has 0 heterocycles. The van der Waals surface area contributed by atoms with Crippen LogP contribution < -0.4 is 0 Å². The van der Waals surface area contributed by atoms with Crippen LogP contribution in [0.3, 0.4) is 0 Å². The Balaban J connectivity index is 0. The molecule has 0 rings (SSSR count). The van der Waals surface area contributed by atoms with Crippen LogP contribution >= 0.6 is 24.0 Å². The minimum atomic E-state index is 0. The van der Waals surface area contributed by atoms with Crippen LogP contribution in [0, 0.1) is 5.41 Å². The van der Waals surface area contributed by atoms with E-state index in [2.05, 4.69) is 0 Å². The third-order valence-corrected chi connectivity index (χ3v) is 0.231. The fourth-order valence-electron chi connectivity index (χ4n) is 0. The average Bonchev–Trinajstić information content (AvgIpc) is 1.37. The van der Waals surface area contributed by atoms with Gasteiger partial charge < -0.3 is 5.41 Å². The van der Waals surface area contributed by atoms with E-state index in [4.69, 9.17) is 17.0 Å². The first-order valence-electron chi connectivity index (χ1n) is 0.964. The van der Waals surface area contributed by atoms with Crippen LogP contribution in [-0.2, 0) is 0 Å². The third kappa shape index (κ3) is 13.8. The van der Waals surface area contributed by atoms with Crippen molar-refractivity contribution in [1.82, 2.24) is 0 Å². The van der Waals surface area contributed by atoms with Crippen LogP contribution in [0.2, 0.25) is 0 Å². The van der Waals surface area contributed by atoms with Gasteiger partial charge in [-0.3, -0.25) is 0 Å². The Kier molecular flexibility index (Phi) is 15.9. The molecule has 1 nitrogen and oxygen atoms in total. The second-order valence-electron chi connectivity index (χ2n) is 0.358. The summed E-state index contributed by atoms with van der Waals surface area (Å²) in [6.45, 7) is 0. The second kappa shape index (κ2) is 8.87. The lowest BCUT2D eigenvalue weighted by Gasteiger charge is -1.53. The predicted molar refractivity (Wildman–Crippen MR) is 26.8 cm³/mol. The van der Waals surface area contributed by atoms with E-state index in [9.17, 15) is 0 Å². The van der Waals surface area contributed by atoms with Gasteiger partial charge in [-0.05, 0) is 0 Å². The van der Waals surface area contributed by atoms with E-state index >= 15 is 0 Å². The van der Waals surface area contributed by atoms with E-state index in [-0.39, 0.29) is 12.4 Å². The molecule has 0 amide bonds.